The lowest BCUT2D eigenvalue weighted by molar-refractivity contribution is 0.633. The molecule has 0 aliphatic carbocycles. The second kappa shape index (κ2) is 5.61. The number of nitrogens with zero attached hydrogens (tertiary/aromatic N) is 1. The number of hydrogen-bond donors (Lipinski definition) is 2. The van der Waals surface area contributed by atoms with E-state index in [1.807, 2.05) is 0 Å². The summed E-state index contributed by atoms with van der Waals surface area (Å²) in [6, 6.07) is 9.51. The molecule has 2 saturated heterocycles. The molecule has 0 bridgehead atoms. The minimum absolute atomic E-state index is 0.653. The van der Waals surface area contributed by atoms with Crippen LogP contribution in [0, 0.1) is 0 Å². The van der Waals surface area contributed by atoms with Crippen molar-refractivity contribution in [1.29, 1.82) is 0 Å². The van der Waals surface area contributed by atoms with E-state index in [9.17, 15) is 0 Å². The Morgan fingerprint density at radius 3 is 2.89 bits per heavy atom. The van der Waals surface area contributed by atoms with Gasteiger partial charge < -0.3 is 15.5 Å². The fourth-order valence-corrected chi connectivity index (χ4v) is 2.96. The Bertz CT molecular complexity index is 379. The first-order chi connectivity index (χ1) is 8.92. The molecule has 0 amide bonds. The molecule has 2 fully saturated rings. The largest absolute Gasteiger partial charge is 0.383 e. The number of nitrogens with one attached hydrogen (secondary N) is 2. The summed E-state index contributed by atoms with van der Waals surface area (Å²) in [4.78, 5) is 2.49. The van der Waals surface area contributed by atoms with Crippen LogP contribution in [0.5, 0.6) is 0 Å². The number of rotatable bonds is 4. The van der Waals surface area contributed by atoms with Crippen LogP contribution in [0.25, 0.3) is 0 Å². The van der Waals surface area contributed by atoms with E-state index in [2.05, 4.69) is 39.8 Å². The van der Waals surface area contributed by atoms with Gasteiger partial charge in [-0.3, -0.25) is 0 Å². The van der Waals surface area contributed by atoms with E-state index < -0.39 is 0 Å². The lowest BCUT2D eigenvalue weighted by Gasteiger charge is -2.19. The molecule has 1 aromatic carbocycles. The zero-order chi connectivity index (χ0) is 12.2. The SMILES string of the molecule is c1cc(NCC2CCCN2)cc(N2CCCC2)c1. The Hall–Kier alpha value is -1.22. The van der Waals surface area contributed by atoms with E-state index in [0.29, 0.717) is 6.04 Å². The summed E-state index contributed by atoms with van der Waals surface area (Å²) in [5, 5.41) is 7.08. The molecule has 3 nitrogen and oxygen atoms in total. The number of hydrogen-bond acceptors (Lipinski definition) is 3. The molecule has 2 aliphatic rings. The van der Waals surface area contributed by atoms with Gasteiger partial charge in [-0.25, -0.2) is 0 Å². The van der Waals surface area contributed by atoms with Crippen molar-refractivity contribution in [3.05, 3.63) is 24.3 Å². The van der Waals surface area contributed by atoms with Gasteiger partial charge in [-0.15, -0.1) is 0 Å². The average molecular weight is 245 g/mol. The molecule has 2 heterocycles. The van der Waals surface area contributed by atoms with Crippen molar-refractivity contribution >= 4 is 11.4 Å². The van der Waals surface area contributed by atoms with Gasteiger partial charge in [0, 0.05) is 37.1 Å². The van der Waals surface area contributed by atoms with E-state index >= 15 is 0 Å². The van der Waals surface area contributed by atoms with E-state index in [0.717, 1.165) is 6.54 Å². The fourth-order valence-electron chi connectivity index (χ4n) is 2.96. The molecule has 18 heavy (non-hydrogen) atoms. The molecule has 1 atom stereocenters. The van der Waals surface area contributed by atoms with Gasteiger partial charge in [-0.05, 0) is 50.4 Å². The third kappa shape index (κ3) is 2.78. The Balaban J connectivity index is 1.59. The summed E-state index contributed by atoms with van der Waals surface area (Å²) in [6.07, 6.45) is 5.30. The third-order valence-corrected chi connectivity index (χ3v) is 4.03. The summed E-state index contributed by atoms with van der Waals surface area (Å²) >= 11 is 0. The van der Waals surface area contributed by atoms with Crippen molar-refractivity contribution in [3.8, 4) is 0 Å². The highest BCUT2D eigenvalue weighted by atomic mass is 15.1. The minimum Gasteiger partial charge on any atom is -0.383 e. The lowest BCUT2D eigenvalue weighted by Crippen LogP contribution is -2.29. The Kier molecular flexibility index (Phi) is 3.69. The molecule has 0 radical (unpaired) electrons. The maximum atomic E-state index is 3.56. The maximum absolute atomic E-state index is 3.56. The molecule has 0 spiro atoms. The summed E-state index contributed by atoms with van der Waals surface area (Å²) in [5.41, 5.74) is 2.63. The van der Waals surface area contributed by atoms with Crippen LogP contribution in [0.3, 0.4) is 0 Å². The van der Waals surface area contributed by atoms with Crippen molar-refractivity contribution in [3.63, 3.8) is 0 Å². The molecule has 1 unspecified atom stereocenters. The fraction of sp³-hybridized carbons (Fsp3) is 0.600. The standard InChI is InChI=1S/C15H23N3/c1-2-10-18(9-1)15-7-3-5-13(11-15)17-12-14-6-4-8-16-14/h3,5,7,11,14,16-17H,1-2,4,6,8-10,12H2. The molecular weight excluding hydrogens is 222 g/mol. The first-order valence-electron chi connectivity index (χ1n) is 7.24. The van der Waals surface area contributed by atoms with Crippen LogP contribution < -0.4 is 15.5 Å². The van der Waals surface area contributed by atoms with E-state index in [1.54, 1.807) is 0 Å². The number of benzene rings is 1. The summed E-state index contributed by atoms with van der Waals surface area (Å²) in [6.45, 7) is 4.66. The van der Waals surface area contributed by atoms with Crippen molar-refractivity contribution < 1.29 is 0 Å². The topological polar surface area (TPSA) is 27.3 Å². The van der Waals surface area contributed by atoms with Crippen LogP contribution >= 0.6 is 0 Å². The summed E-state index contributed by atoms with van der Waals surface area (Å²) in [7, 11) is 0. The van der Waals surface area contributed by atoms with E-state index in [1.165, 1.54) is 56.7 Å². The maximum Gasteiger partial charge on any atom is 0.0386 e. The average Bonchev–Trinajstić information content (AvgIpc) is 3.10. The van der Waals surface area contributed by atoms with E-state index in [-0.39, 0.29) is 0 Å². The van der Waals surface area contributed by atoms with Gasteiger partial charge >= 0.3 is 0 Å². The van der Waals surface area contributed by atoms with Gasteiger partial charge in [0.2, 0.25) is 0 Å². The van der Waals surface area contributed by atoms with Crippen LogP contribution in [0.15, 0.2) is 24.3 Å². The van der Waals surface area contributed by atoms with Gasteiger partial charge in [0.05, 0.1) is 0 Å². The van der Waals surface area contributed by atoms with Crippen molar-refractivity contribution in [2.45, 2.75) is 31.7 Å². The molecule has 0 aromatic heterocycles. The second-order valence-electron chi connectivity index (χ2n) is 5.42. The highest BCUT2D eigenvalue weighted by Gasteiger charge is 2.14. The van der Waals surface area contributed by atoms with Crippen molar-refractivity contribution in [2.75, 3.05) is 36.4 Å². The Morgan fingerprint density at radius 2 is 2.11 bits per heavy atom. The van der Waals surface area contributed by atoms with Crippen LogP contribution in [0.4, 0.5) is 11.4 Å². The summed E-state index contributed by atoms with van der Waals surface area (Å²) < 4.78 is 0. The van der Waals surface area contributed by atoms with Crippen LogP contribution in [0.1, 0.15) is 25.7 Å². The first kappa shape index (κ1) is 11.8. The molecule has 1 aromatic rings. The summed E-state index contributed by atoms with van der Waals surface area (Å²) in [5.74, 6) is 0. The lowest BCUT2D eigenvalue weighted by atomic mass is 10.2. The second-order valence-corrected chi connectivity index (χ2v) is 5.42. The third-order valence-electron chi connectivity index (χ3n) is 4.03. The number of anilines is 2. The van der Waals surface area contributed by atoms with E-state index in [4.69, 9.17) is 0 Å². The molecule has 3 rings (SSSR count). The molecule has 2 N–H and O–H groups in total. The molecular formula is C15H23N3. The monoisotopic (exact) mass is 245 g/mol. The Labute approximate surface area is 110 Å². The van der Waals surface area contributed by atoms with Crippen LogP contribution in [-0.2, 0) is 0 Å². The Morgan fingerprint density at radius 1 is 1.22 bits per heavy atom. The normalized spacial score (nSPS) is 23.6. The molecule has 3 heteroatoms. The van der Waals surface area contributed by atoms with Gasteiger partial charge in [0.15, 0.2) is 0 Å². The molecule has 0 saturated carbocycles. The highest BCUT2D eigenvalue weighted by molar-refractivity contribution is 5.58. The van der Waals surface area contributed by atoms with Gasteiger partial charge in [0.1, 0.15) is 0 Å². The van der Waals surface area contributed by atoms with Gasteiger partial charge in [-0.2, -0.15) is 0 Å². The van der Waals surface area contributed by atoms with Crippen LogP contribution in [0.2, 0.25) is 0 Å². The minimum atomic E-state index is 0.653. The first-order valence-corrected chi connectivity index (χ1v) is 7.24. The predicted octanol–water partition coefficient (Wildman–Crippen LogP) is 2.45. The van der Waals surface area contributed by atoms with Gasteiger partial charge in [0.25, 0.3) is 0 Å². The zero-order valence-corrected chi connectivity index (χ0v) is 11.0. The zero-order valence-electron chi connectivity index (χ0n) is 11.0. The predicted molar refractivity (Wildman–Crippen MR) is 77.4 cm³/mol. The smallest absolute Gasteiger partial charge is 0.0386 e. The molecule has 2 aliphatic heterocycles. The van der Waals surface area contributed by atoms with Gasteiger partial charge in [-0.1, -0.05) is 6.07 Å². The van der Waals surface area contributed by atoms with Crippen molar-refractivity contribution in [1.82, 2.24) is 5.32 Å². The van der Waals surface area contributed by atoms with Crippen molar-refractivity contribution in [2.24, 2.45) is 0 Å². The highest BCUT2D eigenvalue weighted by Crippen LogP contribution is 2.23. The molecule has 98 valence electrons. The quantitative estimate of drug-likeness (QED) is 0.853. The van der Waals surface area contributed by atoms with Crippen LogP contribution in [-0.4, -0.2) is 32.2 Å².